The summed E-state index contributed by atoms with van der Waals surface area (Å²) in [6.45, 7) is 8.47. The molecular formula is C14H28N2O2. The number of rotatable bonds is 6. The molecule has 0 aliphatic carbocycles. The van der Waals surface area contributed by atoms with Gasteiger partial charge in [-0.25, -0.2) is 0 Å². The lowest BCUT2D eigenvalue weighted by Crippen LogP contribution is -2.45. The van der Waals surface area contributed by atoms with E-state index >= 15 is 0 Å². The third-order valence-electron chi connectivity index (χ3n) is 4.38. The second-order valence-electron chi connectivity index (χ2n) is 6.08. The summed E-state index contributed by atoms with van der Waals surface area (Å²) in [4.78, 5) is 13.4. The van der Waals surface area contributed by atoms with Crippen molar-refractivity contribution >= 4 is 5.97 Å². The predicted octanol–water partition coefficient (Wildman–Crippen LogP) is 2.08. The van der Waals surface area contributed by atoms with E-state index in [1.807, 2.05) is 0 Å². The number of likely N-dealkylation sites (tertiary alicyclic amines) is 1. The molecule has 106 valence electrons. The summed E-state index contributed by atoms with van der Waals surface area (Å²) in [5.74, 6) is -0.125. The van der Waals surface area contributed by atoms with Crippen LogP contribution in [-0.2, 0) is 4.79 Å². The van der Waals surface area contributed by atoms with Crippen molar-refractivity contribution in [3.8, 4) is 0 Å². The van der Waals surface area contributed by atoms with Crippen molar-refractivity contribution in [3.05, 3.63) is 0 Å². The van der Waals surface area contributed by atoms with Crippen LogP contribution in [0, 0.1) is 5.92 Å². The third-order valence-corrected chi connectivity index (χ3v) is 4.38. The van der Waals surface area contributed by atoms with Gasteiger partial charge >= 0.3 is 5.97 Å². The van der Waals surface area contributed by atoms with E-state index in [1.54, 1.807) is 6.92 Å². The van der Waals surface area contributed by atoms with Crippen LogP contribution in [0.25, 0.3) is 0 Å². The number of hydrogen-bond donors (Lipinski definition) is 2. The topological polar surface area (TPSA) is 66.6 Å². The minimum absolute atomic E-state index is 0.556. The molecule has 0 radical (unpaired) electrons. The number of piperidine rings is 1. The van der Waals surface area contributed by atoms with Crippen molar-refractivity contribution < 1.29 is 9.90 Å². The second-order valence-corrected chi connectivity index (χ2v) is 6.08. The number of carbonyl (C=O) groups is 1. The number of aliphatic carboxylic acids is 1. The molecule has 0 saturated carbocycles. The van der Waals surface area contributed by atoms with Gasteiger partial charge in [-0.2, -0.15) is 0 Å². The molecule has 0 aromatic rings. The fraction of sp³-hybridized carbons (Fsp3) is 0.929. The normalized spacial score (nSPS) is 28.9. The van der Waals surface area contributed by atoms with E-state index < -0.39 is 11.5 Å². The molecule has 0 aromatic carbocycles. The number of unbranched alkanes of at least 4 members (excludes halogenated alkanes) is 1. The van der Waals surface area contributed by atoms with Crippen LogP contribution in [0.1, 0.15) is 52.9 Å². The van der Waals surface area contributed by atoms with Crippen LogP contribution in [0.15, 0.2) is 0 Å². The van der Waals surface area contributed by atoms with Gasteiger partial charge in [0, 0.05) is 6.04 Å². The second kappa shape index (κ2) is 6.53. The summed E-state index contributed by atoms with van der Waals surface area (Å²) in [5, 5.41) is 8.93. The Labute approximate surface area is 111 Å². The molecule has 0 bridgehead atoms. The van der Waals surface area contributed by atoms with Crippen molar-refractivity contribution in [1.29, 1.82) is 0 Å². The van der Waals surface area contributed by atoms with Gasteiger partial charge in [-0.1, -0.05) is 6.92 Å². The van der Waals surface area contributed by atoms with Crippen LogP contribution >= 0.6 is 0 Å². The summed E-state index contributed by atoms with van der Waals surface area (Å²) in [5.41, 5.74) is 4.65. The molecule has 4 nitrogen and oxygen atoms in total. The van der Waals surface area contributed by atoms with Crippen LogP contribution in [0.3, 0.4) is 0 Å². The highest BCUT2D eigenvalue weighted by molar-refractivity contribution is 5.77. The van der Waals surface area contributed by atoms with Gasteiger partial charge in [-0.3, -0.25) is 4.79 Å². The molecule has 3 unspecified atom stereocenters. The molecule has 1 aliphatic rings. The Morgan fingerprint density at radius 2 is 2.11 bits per heavy atom. The van der Waals surface area contributed by atoms with Gasteiger partial charge in [0.05, 0.1) is 0 Å². The van der Waals surface area contributed by atoms with E-state index in [0.717, 1.165) is 25.3 Å². The summed E-state index contributed by atoms with van der Waals surface area (Å²) in [6.07, 6.45) is 5.10. The summed E-state index contributed by atoms with van der Waals surface area (Å²) < 4.78 is 0. The van der Waals surface area contributed by atoms with E-state index in [-0.39, 0.29) is 0 Å². The fourth-order valence-corrected chi connectivity index (χ4v) is 2.65. The molecule has 0 aromatic heterocycles. The van der Waals surface area contributed by atoms with E-state index in [9.17, 15) is 4.79 Å². The maximum atomic E-state index is 10.9. The Hall–Kier alpha value is -0.610. The van der Waals surface area contributed by atoms with Crippen molar-refractivity contribution in [3.63, 3.8) is 0 Å². The molecule has 3 atom stereocenters. The molecule has 1 fully saturated rings. The molecule has 18 heavy (non-hydrogen) atoms. The Bertz CT molecular complexity index is 279. The molecule has 1 rings (SSSR count). The first-order valence-corrected chi connectivity index (χ1v) is 7.11. The lowest BCUT2D eigenvalue weighted by molar-refractivity contribution is -0.142. The zero-order valence-electron chi connectivity index (χ0n) is 12.0. The minimum atomic E-state index is -1.07. The standard InChI is InChI=1S/C14H28N2O2/c1-11-7-6-10-16(12(11)2)9-5-4-8-14(3,15)13(17)18/h11-12H,4-10,15H2,1-3H3,(H,17,18). The highest BCUT2D eigenvalue weighted by atomic mass is 16.4. The Kier molecular flexibility index (Phi) is 5.60. The molecule has 4 heteroatoms. The summed E-state index contributed by atoms with van der Waals surface area (Å²) in [7, 11) is 0. The number of nitrogens with zero attached hydrogens (tertiary/aromatic N) is 1. The van der Waals surface area contributed by atoms with Gasteiger partial charge in [0.25, 0.3) is 0 Å². The first kappa shape index (κ1) is 15.4. The van der Waals surface area contributed by atoms with E-state index in [0.29, 0.717) is 12.5 Å². The summed E-state index contributed by atoms with van der Waals surface area (Å²) >= 11 is 0. The maximum Gasteiger partial charge on any atom is 0.323 e. The van der Waals surface area contributed by atoms with Gasteiger partial charge in [-0.15, -0.1) is 0 Å². The Balaban J connectivity index is 2.23. The first-order valence-electron chi connectivity index (χ1n) is 7.11. The van der Waals surface area contributed by atoms with Gasteiger partial charge in [0.1, 0.15) is 5.54 Å². The molecule has 1 saturated heterocycles. The first-order chi connectivity index (χ1) is 8.34. The van der Waals surface area contributed by atoms with Crippen molar-refractivity contribution in [2.75, 3.05) is 13.1 Å². The van der Waals surface area contributed by atoms with Crippen molar-refractivity contribution in [2.24, 2.45) is 11.7 Å². The zero-order chi connectivity index (χ0) is 13.8. The monoisotopic (exact) mass is 256 g/mol. The average molecular weight is 256 g/mol. The maximum absolute atomic E-state index is 10.9. The molecule has 1 heterocycles. The third kappa shape index (κ3) is 4.25. The molecule has 0 amide bonds. The summed E-state index contributed by atoms with van der Waals surface area (Å²) in [6, 6.07) is 0.655. The van der Waals surface area contributed by atoms with E-state index in [1.165, 1.54) is 19.4 Å². The number of carboxylic acids is 1. The quantitative estimate of drug-likeness (QED) is 0.714. The predicted molar refractivity (Wildman–Crippen MR) is 73.5 cm³/mol. The van der Waals surface area contributed by atoms with Crippen LogP contribution in [-0.4, -0.2) is 40.6 Å². The lowest BCUT2D eigenvalue weighted by Gasteiger charge is -2.38. The van der Waals surface area contributed by atoms with Gasteiger partial charge < -0.3 is 15.7 Å². The van der Waals surface area contributed by atoms with E-state index in [2.05, 4.69) is 18.7 Å². The number of carboxylic acid groups (broad SMARTS) is 1. The van der Waals surface area contributed by atoms with Gasteiger partial charge in [0.2, 0.25) is 0 Å². The number of hydrogen-bond acceptors (Lipinski definition) is 3. The van der Waals surface area contributed by atoms with Crippen LogP contribution < -0.4 is 5.73 Å². The zero-order valence-corrected chi connectivity index (χ0v) is 12.0. The van der Waals surface area contributed by atoms with Crippen molar-refractivity contribution in [2.45, 2.75) is 64.5 Å². The Morgan fingerprint density at radius 1 is 1.44 bits per heavy atom. The lowest BCUT2D eigenvalue weighted by atomic mass is 9.91. The van der Waals surface area contributed by atoms with Crippen molar-refractivity contribution in [1.82, 2.24) is 4.90 Å². The number of nitrogens with two attached hydrogens (primary N) is 1. The van der Waals surface area contributed by atoms with Crippen LogP contribution in [0.2, 0.25) is 0 Å². The largest absolute Gasteiger partial charge is 0.480 e. The van der Waals surface area contributed by atoms with E-state index in [4.69, 9.17) is 10.8 Å². The van der Waals surface area contributed by atoms with Gasteiger partial charge in [0.15, 0.2) is 0 Å². The smallest absolute Gasteiger partial charge is 0.323 e. The Morgan fingerprint density at radius 3 is 2.72 bits per heavy atom. The molecular weight excluding hydrogens is 228 g/mol. The highest BCUT2D eigenvalue weighted by Gasteiger charge is 2.27. The average Bonchev–Trinajstić information content (AvgIpc) is 2.29. The van der Waals surface area contributed by atoms with Gasteiger partial charge in [-0.05, 0) is 65.0 Å². The molecule has 1 aliphatic heterocycles. The fourth-order valence-electron chi connectivity index (χ4n) is 2.65. The highest BCUT2D eigenvalue weighted by Crippen LogP contribution is 2.23. The minimum Gasteiger partial charge on any atom is -0.480 e. The molecule has 0 spiro atoms. The SMILES string of the molecule is CC1CCCN(CCCCC(C)(N)C(=O)O)C1C. The van der Waals surface area contributed by atoms with Crippen LogP contribution in [0.5, 0.6) is 0 Å². The molecule has 3 N–H and O–H groups in total. The van der Waals surface area contributed by atoms with Crippen LogP contribution in [0.4, 0.5) is 0 Å².